The van der Waals surface area contributed by atoms with E-state index < -0.39 is 6.17 Å². The van der Waals surface area contributed by atoms with Gasteiger partial charge in [0.15, 0.2) is 5.65 Å². The Morgan fingerprint density at radius 3 is 2.80 bits per heavy atom. The van der Waals surface area contributed by atoms with Crippen LogP contribution in [0.25, 0.3) is 5.65 Å². The maximum absolute atomic E-state index is 14.3. The van der Waals surface area contributed by atoms with Gasteiger partial charge in [0.05, 0.1) is 11.9 Å². The predicted octanol–water partition coefficient (Wildman–Crippen LogP) is 3.50. The van der Waals surface area contributed by atoms with Crippen LogP contribution in [0.2, 0.25) is 0 Å². The number of rotatable bonds is 4. The van der Waals surface area contributed by atoms with Crippen LogP contribution in [0.15, 0.2) is 18.3 Å². The van der Waals surface area contributed by atoms with Crippen molar-refractivity contribution in [2.24, 2.45) is 5.92 Å². The smallest absolute Gasteiger partial charge is 0.157 e. The van der Waals surface area contributed by atoms with Crippen LogP contribution in [0.4, 0.5) is 10.2 Å². The summed E-state index contributed by atoms with van der Waals surface area (Å²) < 4.78 is 16.1. The van der Waals surface area contributed by atoms with E-state index in [0.29, 0.717) is 11.7 Å². The molecule has 106 valence electrons. The van der Waals surface area contributed by atoms with Crippen molar-refractivity contribution in [2.75, 3.05) is 5.32 Å². The Morgan fingerprint density at radius 2 is 2.05 bits per heavy atom. The molecule has 0 saturated heterocycles. The minimum Gasteiger partial charge on any atom is -0.367 e. The van der Waals surface area contributed by atoms with Gasteiger partial charge in [0, 0.05) is 18.2 Å². The van der Waals surface area contributed by atoms with Crippen LogP contribution in [0, 0.1) is 5.92 Å². The molecule has 2 aromatic heterocycles. The molecule has 2 saturated carbocycles. The fourth-order valence-corrected chi connectivity index (χ4v) is 3.09. The Bertz CT molecular complexity index is 613. The van der Waals surface area contributed by atoms with Gasteiger partial charge < -0.3 is 5.32 Å². The van der Waals surface area contributed by atoms with Gasteiger partial charge >= 0.3 is 0 Å². The number of nitrogens with one attached hydrogen (secondary N) is 1. The molecule has 2 aliphatic rings. The van der Waals surface area contributed by atoms with Crippen molar-refractivity contribution in [2.45, 2.75) is 50.7 Å². The van der Waals surface area contributed by atoms with Crippen molar-refractivity contribution >= 4 is 11.5 Å². The third kappa shape index (κ3) is 2.15. The van der Waals surface area contributed by atoms with E-state index in [-0.39, 0.29) is 5.92 Å². The van der Waals surface area contributed by atoms with E-state index in [0.717, 1.165) is 24.3 Å². The molecule has 1 N–H and O–H groups in total. The van der Waals surface area contributed by atoms with Gasteiger partial charge in [0.1, 0.15) is 12.0 Å². The second kappa shape index (κ2) is 4.72. The minimum absolute atomic E-state index is 0.173. The van der Waals surface area contributed by atoms with E-state index in [1.807, 2.05) is 12.1 Å². The normalized spacial score (nSPS) is 21.4. The molecule has 5 heteroatoms. The molecular formula is C15H19FN4. The fraction of sp³-hybridized carbons (Fsp3) is 0.600. The lowest BCUT2D eigenvalue weighted by molar-refractivity contribution is 0.298. The third-order valence-corrected chi connectivity index (χ3v) is 4.40. The van der Waals surface area contributed by atoms with Crippen molar-refractivity contribution < 1.29 is 4.39 Å². The van der Waals surface area contributed by atoms with Crippen LogP contribution < -0.4 is 5.32 Å². The summed E-state index contributed by atoms with van der Waals surface area (Å²) >= 11 is 0. The maximum atomic E-state index is 14.3. The zero-order valence-corrected chi connectivity index (χ0v) is 11.4. The van der Waals surface area contributed by atoms with Crippen molar-refractivity contribution in [1.29, 1.82) is 0 Å². The largest absolute Gasteiger partial charge is 0.367 e. The summed E-state index contributed by atoms with van der Waals surface area (Å²) in [5.74, 6) is 1.05. The van der Waals surface area contributed by atoms with Gasteiger partial charge in [-0.15, -0.1) is 0 Å². The average molecular weight is 274 g/mol. The topological polar surface area (TPSA) is 42.2 Å². The lowest BCUT2D eigenvalue weighted by atomic mass is 10.1. The average Bonchev–Trinajstić information content (AvgIpc) is 2.97. The predicted molar refractivity (Wildman–Crippen MR) is 75.4 cm³/mol. The molecule has 2 aliphatic carbocycles. The van der Waals surface area contributed by atoms with Gasteiger partial charge in [-0.25, -0.2) is 9.37 Å². The Morgan fingerprint density at radius 1 is 1.25 bits per heavy atom. The number of aromatic nitrogens is 3. The molecule has 1 atom stereocenters. The number of anilines is 1. The molecular weight excluding hydrogens is 255 g/mol. The first-order valence-corrected chi connectivity index (χ1v) is 7.56. The molecule has 0 aliphatic heterocycles. The van der Waals surface area contributed by atoms with Crippen molar-refractivity contribution in [1.82, 2.24) is 14.6 Å². The van der Waals surface area contributed by atoms with Gasteiger partial charge in [-0.05, 0) is 31.6 Å². The van der Waals surface area contributed by atoms with Crippen molar-refractivity contribution in [3.05, 3.63) is 24.0 Å². The van der Waals surface area contributed by atoms with E-state index in [1.165, 1.54) is 25.7 Å². The molecule has 2 fully saturated rings. The zero-order valence-electron chi connectivity index (χ0n) is 11.4. The standard InChI is InChI=1S/C15H19FN4/c16-15(10-5-6-10)12-9-14(18-11-3-1-2-4-11)20-13(19-12)7-8-17-20/h7-11,15,18H,1-6H2. The fourth-order valence-electron chi connectivity index (χ4n) is 3.09. The number of hydrogen-bond donors (Lipinski definition) is 1. The monoisotopic (exact) mass is 274 g/mol. The second-order valence-electron chi connectivity index (χ2n) is 6.03. The molecule has 0 aromatic carbocycles. The molecule has 0 amide bonds. The van der Waals surface area contributed by atoms with Gasteiger partial charge in [0.25, 0.3) is 0 Å². The number of fused-ring (bicyclic) bond motifs is 1. The number of halogens is 1. The summed E-state index contributed by atoms with van der Waals surface area (Å²) in [6.07, 6.45) is 7.66. The highest BCUT2D eigenvalue weighted by molar-refractivity contribution is 5.50. The number of hydrogen-bond acceptors (Lipinski definition) is 3. The molecule has 1 unspecified atom stereocenters. The summed E-state index contributed by atoms with van der Waals surface area (Å²) in [6, 6.07) is 4.17. The highest BCUT2D eigenvalue weighted by Gasteiger charge is 2.34. The first-order chi connectivity index (χ1) is 9.81. The summed E-state index contributed by atoms with van der Waals surface area (Å²) in [7, 11) is 0. The van der Waals surface area contributed by atoms with Gasteiger partial charge in [-0.2, -0.15) is 9.61 Å². The van der Waals surface area contributed by atoms with Crippen molar-refractivity contribution in [3.63, 3.8) is 0 Å². The zero-order chi connectivity index (χ0) is 13.5. The second-order valence-corrected chi connectivity index (χ2v) is 6.03. The summed E-state index contributed by atoms with van der Waals surface area (Å²) in [6.45, 7) is 0. The van der Waals surface area contributed by atoms with E-state index >= 15 is 0 Å². The number of nitrogens with zero attached hydrogens (tertiary/aromatic N) is 3. The highest BCUT2D eigenvalue weighted by atomic mass is 19.1. The van der Waals surface area contributed by atoms with Crippen LogP contribution in [-0.2, 0) is 0 Å². The van der Waals surface area contributed by atoms with Gasteiger partial charge in [0.2, 0.25) is 0 Å². The Labute approximate surface area is 117 Å². The Kier molecular flexibility index (Phi) is 2.86. The number of alkyl halides is 1. The summed E-state index contributed by atoms with van der Waals surface area (Å²) in [4.78, 5) is 4.42. The van der Waals surface area contributed by atoms with Crippen LogP contribution in [0.3, 0.4) is 0 Å². The molecule has 0 radical (unpaired) electrons. The highest BCUT2D eigenvalue weighted by Crippen LogP contribution is 2.43. The van der Waals surface area contributed by atoms with Crippen LogP contribution in [0.1, 0.15) is 50.4 Å². The Hall–Kier alpha value is -1.65. The molecule has 4 rings (SSSR count). The summed E-state index contributed by atoms with van der Waals surface area (Å²) in [5, 5.41) is 7.81. The Balaban J connectivity index is 1.70. The third-order valence-electron chi connectivity index (χ3n) is 4.40. The van der Waals surface area contributed by atoms with Gasteiger partial charge in [-0.3, -0.25) is 0 Å². The molecule has 2 heterocycles. The van der Waals surface area contributed by atoms with E-state index in [4.69, 9.17) is 0 Å². The SMILES string of the molecule is FC(c1cc(NC2CCCC2)n2nccc2n1)C1CC1. The first kappa shape index (κ1) is 12.1. The minimum atomic E-state index is -0.931. The summed E-state index contributed by atoms with van der Waals surface area (Å²) in [5.41, 5.74) is 1.28. The van der Waals surface area contributed by atoms with E-state index in [2.05, 4.69) is 15.4 Å². The molecule has 20 heavy (non-hydrogen) atoms. The molecule has 4 nitrogen and oxygen atoms in total. The van der Waals surface area contributed by atoms with E-state index in [9.17, 15) is 4.39 Å². The molecule has 2 aromatic rings. The molecule has 0 bridgehead atoms. The molecule has 0 spiro atoms. The van der Waals surface area contributed by atoms with Crippen LogP contribution in [0.5, 0.6) is 0 Å². The quantitative estimate of drug-likeness (QED) is 0.927. The van der Waals surface area contributed by atoms with Crippen molar-refractivity contribution in [3.8, 4) is 0 Å². The van der Waals surface area contributed by atoms with Crippen LogP contribution >= 0.6 is 0 Å². The lowest BCUT2D eigenvalue weighted by Gasteiger charge is -2.16. The maximum Gasteiger partial charge on any atom is 0.157 e. The van der Waals surface area contributed by atoms with Gasteiger partial charge in [-0.1, -0.05) is 12.8 Å². The lowest BCUT2D eigenvalue weighted by Crippen LogP contribution is -2.18. The first-order valence-electron chi connectivity index (χ1n) is 7.56. The van der Waals surface area contributed by atoms with E-state index in [1.54, 1.807) is 10.7 Å². The van der Waals surface area contributed by atoms with Crippen LogP contribution in [-0.4, -0.2) is 20.6 Å².